The summed E-state index contributed by atoms with van der Waals surface area (Å²) in [5.74, 6) is -1.03. The minimum absolute atomic E-state index is 0.276. The third kappa shape index (κ3) is 3.34. The first-order valence-electron chi connectivity index (χ1n) is 6.74. The molecule has 6 heteroatoms. The molecule has 6 nitrogen and oxygen atoms in total. The van der Waals surface area contributed by atoms with Gasteiger partial charge in [0.05, 0.1) is 13.7 Å². The Balaban J connectivity index is 2.26. The summed E-state index contributed by atoms with van der Waals surface area (Å²) in [6.07, 6.45) is -1.47. The Labute approximate surface area is 123 Å². The predicted molar refractivity (Wildman–Crippen MR) is 73.7 cm³/mol. The minimum Gasteiger partial charge on any atom is -0.497 e. The molecule has 0 spiro atoms. The van der Waals surface area contributed by atoms with E-state index in [2.05, 4.69) is 0 Å². The van der Waals surface area contributed by atoms with Crippen molar-refractivity contribution in [3.05, 3.63) is 29.8 Å². The van der Waals surface area contributed by atoms with Crippen LogP contribution in [0.25, 0.3) is 0 Å². The lowest BCUT2D eigenvalue weighted by Crippen LogP contribution is -2.32. The van der Waals surface area contributed by atoms with Gasteiger partial charge in [-0.3, -0.25) is 0 Å². The topological polar surface area (TPSA) is 63.2 Å². The molecule has 21 heavy (non-hydrogen) atoms. The number of carbonyl (C=O) groups is 1. The molecular formula is C15H20O6. The highest BCUT2D eigenvalue weighted by Gasteiger charge is 2.49. The fraction of sp³-hybridized carbons (Fsp3) is 0.533. The van der Waals surface area contributed by atoms with E-state index in [0.717, 1.165) is 11.3 Å². The number of benzene rings is 1. The van der Waals surface area contributed by atoms with Gasteiger partial charge in [-0.2, -0.15) is 0 Å². The molecular weight excluding hydrogens is 276 g/mol. The van der Waals surface area contributed by atoms with Crippen LogP contribution in [-0.2, 0) is 23.7 Å². The summed E-state index contributed by atoms with van der Waals surface area (Å²) in [6.45, 7) is 3.63. The summed E-state index contributed by atoms with van der Waals surface area (Å²) >= 11 is 0. The van der Waals surface area contributed by atoms with Gasteiger partial charge in [-0.25, -0.2) is 4.79 Å². The van der Waals surface area contributed by atoms with Gasteiger partial charge in [0.15, 0.2) is 6.10 Å². The second-order valence-electron chi connectivity index (χ2n) is 4.67. The van der Waals surface area contributed by atoms with Gasteiger partial charge in [-0.1, -0.05) is 12.1 Å². The summed E-state index contributed by atoms with van der Waals surface area (Å²) in [4.78, 5) is 12.0. The van der Waals surface area contributed by atoms with Crippen LogP contribution in [0.5, 0.6) is 5.75 Å². The summed E-state index contributed by atoms with van der Waals surface area (Å²) in [7, 11) is 3.05. The van der Waals surface area contributed by atoms with Gasteiger partial charge in [-0.15, -0.1) is 0 Å². The maximum Gasteiger partial charge on any atom is 0.338 e. The van der Waals surface area contributed by atoms with Crippen molar-refractivity contribution in [2.45, 2.75) is 32.0 Å². The maximum absolute atomic E-state index is 12.0. The smallest absolute Gasteiger partial charge is 0.338 e. The first-order valence-corrected chi connectivity index (χ1v) is 6.74. The van der Waals surface area contributed by atoms with Gasteiger partial charge in [0, 0.05) is 14.0 Å². The van der Waals surface area contributed by atoms with E-state index in [1.54, 1.807) is 33.1 Å². The summed E-state index contributed by atoms with van der Waals surface area (Å²) in [6, 6.07) is 7.23. The van der Waals surface area contributed by atoms with Crippen LogP contribution in [0, 0.1) is 0 Å². The highest BCUT2D eigenvalue weighted by molar-refractivity contribution is 5.76. The van der Waals surface area contributed by atoms with Crippen molar-refractivity contribution in [2.75, 3.05) is 20.8 Å². The van der Waals surface area contributed by atoms with Crippen LogP contribution in [-0.4, -0.2) is 38.9 Å². The van der Waals surface area contributed by atoms with Crippen LogP contribution in [0.2, 0.25) is 0 Å². The van der Waals surface area contributed by atoms with Crippen molar-refractivity contribution in [3.8, 4) is 5.75 Å². The molecule has 1 fully saturated rings. The average molecular weight is 296 g/mol. The number of rotatable bonds is 5. The van der Waals surface area contributed by atoms with Gasteiger partial charge < -0.3 is 23.7 Å². The van der Waals surface area contributed by atoms with Crippen LogP contribution in [0.15, 0.2) is 24.3 Å². The Morgan fingerprint density at radius 2 is 1.90 bits per heavy atom. The SMILES string of the molecule is CCOC(=O)[C@@H]1OC(C)(OC)O[C@H]1c1ccc(OC)cc1. The Morgan fingerprint density at radius 1 is 1.24 bits per heavy atom. The van der Waals surface area contributed by atoms with Crippen molar-refractivity contribution in [1.29, 1.82) is 0 Å². The van der Waals surface area contributed by atoms with E-state index in [1.807, 2.05) is 12.1 Å². The van der Waals surface area contributed by atoms with Gasteiger partial charge in [-0.05, 0) is 24.6 Å². The molecule has 0 aromatic heterocycles. The normalized spacial score (nSPS) is 28.4. The molecule has 1 saturated heterocycles. The monoisotopic (exact) mass is 296 g/mol. The zero-order valence-corrected chi connectivity index (χ0v) is 12.6. The zero-order valence-electron chi connectivity index (χ0n) is 12.6. The Kier molecular flexibility index (Phi) is 4.82. The van der Waals surface area contributed by atoms with Crippen LogP contribution >= 0.6 is 0 Å². The quantitative estimate of drug-likeness (QED) is 0.775. The molecule has 1 heterocycles. The fourth-order valence-corrected chi connectivity index (χ4v) is 2.14. The second kappa shape index (κ2) is 6.43. The lowest BCUT2D eigenvalue weighted by atomic mass is 10.0. The standard InChI is InChI=1S/C15H20O6/c1-5-19-14(16)13-12(20-15(2,18-4)21-13)10-6-8-11(17-3)9-7-10/h6-9,12-13H,5H2,1-4H3/t12-,13+,15?/m0/s1. The molecule has 116 valence electrons. The van der Waals surface area contributed by atoms with Crippen LogP contribution in [0.3, 0.4) is 0 Å². The minimum atomic E-state index is -1.28. The highest BCUT2D eigenvalue weighted by atomic mass is 16.9. The zero-order chi connectivity index (χ0) is 15.5. The van der Waals surface area contributed by atoms with Crippen LogP contribution in [0.4, 0.5) is 0 Å². The average Bonchev–Trinajstić information content (AvgIpc) is 2.87. The molecule has 1 aliphatic heterocycles. The molecule has 0 N–H and O–H groups in total. The molecule has 0 radical (unpaired) electrons. The fourth-order valence-electron chi connectivity index (χ4n) is 2.14. The van der Waals surface area contributed by atoms with E-state index in [9.17, 15) is 4.79 Å². The van der Waals surface area contributed by atoms with Crippen molar-refractivity contribution in [1.82, 2.24) is 0 Å². The Bertz CT molecular complexity index is 485. The molecule has 1 unspecified atom stereocenters. The van der Waals surface area contributed by atoms with Gasteiger partial charge in [0.2, 0.25) is 0 Å². The number of ether oxygens (including phenoxy) is 5. The van der Waals surface area contributed by atoms with Crippen molar-refractivity contribution < 1.29 is 28.5 Å². The molecule has 1 aliphatic rings. The number of methoxy groups -OCH3 is 2. The number of hydrogen-bond donors (Lipinski definition) is 0. The number of carbonyl (C=O) groups excluding carboxylic acids is 1. The first-order chi connectivity index (χ1) is 10.0. The van der Waals surface area contributed by atoms with Crippen molar-refractivity contribution >= 4 is 5.97 Å². The van der Waals surface area contributed by atoms with Crippen molar-refractivity contribution in [3.63, 3.8) is 0 Å². The lowest BCUT2D eigenvalue weighted by Gasteiger charge is -2.20. The van der Waals surface area contributed by atoms with Gasteiger partial charge in [0.25, 0.3) is 5.97 Å². The van der Waals surface area contributed by atoms with E-state index in [0.29, 0.717) is 0 Å². The molecule has 0 aliphatic carbocycles. The van der Waals surface area contributed by atoms with E-state index >= 15 is 0 Å². The van der Waals surface area contributed by atoms with E-state index < -0.39 is 24.2 Å². The van der Waals surface area contributed by atoms with E-state index in [1.165, 1.54) is 7.11 Å². The van der Waals surface area contributed by atoms with Crippen LogP contribution < -0.4 is 4.74 Å². The molecule has 2 rings (SSSR count). The first kappa shape index (κ1) is 15.8. The summed E-state index contributed by atoms with van der Waals surface area (Å²) in [5, 5.41) is 0. The molecule has 3 atom stereocenters. The lowest BCUT2D eigenvalue weighted by molar-refractivity contribution is -0.318. The molecule has 0 bridgehead atoms. The molecule has 1 aromatic carbocycles. The number of esters is 1. The van der Waals surface area contributed by atoms with Gasteiger partial charge >= 0.3 is 5.97 Å². The Hall–Kier alpha value is -1.63. The third-order valence-corrected chi connectivity index (χ3v) is 3.29. The molecule has 0 saturated carbocycles. The van der Waals surface area contributed by atoms with Crippen LogP contribution in [0.1, 0.15) is 25.5 Å². The highest BCUT2D eigenvalue weighted by Crippen LogP contribution is 2.39. The summed E-state index contributed by atoms with van der Waals surface area (Å²) < 4.78 is 26.7. The molecule has 0 amide bonds. The molecule has 1 aromatic rings. The van der Waals surface area contributed by atoms with E-state index in [4.69, 9.17) is 23.7 Å². The third-order valence-electron chi connectivity index (χ3n) is 3.29. The number of hydrogen-bond acceptors (Lipinski definition) is 6. The Morgan fingerprint density at radius 3 is 2.43 bits per heavy atom. The second-order valence-corrected chi connectivity index (χ2v) is 4.67. The van der Waals surface area contributed by atoms with Gasteiger partial charge in [0.1, 0.15) is 11.9 Å². The predicted octanol–water partition coefficient (Wildman–Crippen LogP) is 2.03. The summed E-state index contributed by atoms with van der Waals surface area (Å²) in [5.41, 5.74) is 0.787. The largest absolute Gasteiger partial charge is 0.497 e. The maximum atomic E-state index is 12.0. The van der Waals surface area contributed by atoms with Crippen molar-refractivity contribution in [2.24, 2.45) is 0 Å². The van der Waals surface area contributed by atoms with E-state index in [-0.39, 0.29) is 6.61 Å².